The molecule has 1 aromatic heterocycles. The molecule has 2 aromatic rings. The molecule has 1 aliphatic carbocycles. The first-order valence-corrected chi connectivity index (χ1v) is 9.53. The van der Waals surface area contributed by atoms with E-state index < -0.39 is 10.0 Å². The summed E-state index contributed by atoms with van der Waals surface area (Å²) in [5.41, 5.74) is 2.15. The average molecular weight is 348 g/mol. The Kier molecular flexibility index (Phi) is 3.56. The lowest BCUT2D eigenvalue weighted by molar-refractivity contribution is -0.00416. The number of nitrogens with zero attached hydrogens (tertiary/aromatic N) is 2. The molecule has 2 fully saturated rings. The maximum atomic E-state index is 13.1. The summed E-state index contributed by atoms with van der Waals surface area (Å²) in [4.78, 5) is 0.296. The van der Waals surface area contributed by atoms with Crippen LogP contribution in [0.15, 0.2) is 33.7 Å². The number of aromatic nitrogens is 1. The van der Waals surface area contributed by atoms with Gasteiger partial charge in [0.2, 0.25) is 10.0 Å². The van der Waals surface area contributed by atoms with Crippen LogP contribution in [0.4, 0.5) is 0 Å². The molecule has 1 aromatic carbocycles. The van der Waals surface area contributed by atoms with Crippen LogP contribution in [0, 0.1) is 25.7 Å². The van der Waals surface area contributed by atoms with E-state index >= 15 is 0 Å². The maximum absolute atomic E-state index is 13.1. The number of sulfonamides is 1. The first kappa shape index (κ1) is 15.8. The van der Waals surface area contributed by atoms with E-state index in [1.807, 2.05) is 13.0 Å². The Hall–Kier alpha value is -1.70. The van der Waals surface area contributed by atoms with E-state index in [4.69, 9.17) is 4.52 Å². The molecule has 1 N–H and O–H groups in total. The molecule has 0 unspecified atom stereocenters. The van der Waals surface area contributed by atoms with Gasteiger partial charge in [0.1, 0.15) is 0 Å². The van der Waals surface area contributed by atoms with E-state index in [0.29, 0.717) is 41.3 Å². The largest absolute Gasteiger partial charge is 0.393 e. The number of rotatable bonds is 3. The van der Waals surface area contributed by atoms with Crippen molar-refractivity contribution in [2.24, 2.45) is 11.8 Å². The summed E-state index contributed by atoms with van der Waals surface area (Å²) in [5.74, 6) is 0.927. The summed E-state index contributed by atoms with van der Waals surface area (Å²) in [6.45, 7) is 4.51. The first-order valence-electron chi connectivity index (χ1n) is 8.09. The van der Waals surface area contributed by atoms with Gasteiger partial charge in [-0.2, -0.15) is 4.31 Å². The average Bonchev–Trinajstić information content (AvgIpc) is 3.11. The van der Waals surface area contributed by atoms with Gasteiger partial charge >= 0.3 is 0 Å². The molecule has 128 valence electrons. The normalized spacial score (nSPS) is 27.0. The third kappa shape index (κ3) is 2.39. The van der Waals surface area contributed by atoms with E-state index in [9.17, 15) is 13.5 Å². The van der Waals surface area contributed by atoms with Gasteiger partial charge in [-0.05, 0) is 37.8 Å². The van der Waals surface area contributed by atoms with Crippen LogP contribution < -0.4 is 0 Å². The molecule has 1 saturated carbocycles. The van der Waals surface area contributed by atoms with Crippen molar-refractivity contribution in [2.75, 3.05) is 13.1 Å². The van der Waals surface area contributed by atoms with Gasteiger partial charge in [-0.3, -0.25) is 0 Å². The second-order valence-electron chi connectivity index (χ2n) is 6.86. The van der Waals surface area contributed by atoms with Crippen LogP contribution in [0.2, 0.25) is 0 Å². The maximum Gasteiger partial charge on any atom is 0.243 e. The SMILES string of the molecule is Cc1cc(-c2ccc(C)c(S(=O)(=O)N3C[C@H]4C[C@@H](O)[C@H]4C3)c2)on1. The highest BCUT2D eigenvalue weighted by Crippen LogP contribution is 2.43. The van der Waals surface area contributed by atoms with Gasteiger partial charge in [-0.25, -0.2) is 8.42 Å². The second kappa shape index (κ2) is 5.40. The zero-order valence-corrected chi connectivity index (χ0v) is 14.5. The standard InChI is InChI=1S/C17H20N2O4S/c1-10-3-4-12(16-5-11(2)18-23-16)7-17(10)24(21,22)19-8-13-6-15(20)14(13)9-19/h3-5,7,13-15,20H,6,8-9H2,1-2H3/t13-,14+,15-/m1/s1. The zero-order valence-electron chi connectivity index (χ0n) is 13.6. The van der Waals surface area contributed by atoms with Crippen LogP contribution in [0.1, 0.15) is 17.7 Å². The summed E-state index contributed by atoms with van der Waals surface area (Å²) < 4.78 is 32.9. The molecule has 6 nitrogen and oxygen atoms in total. The molecule has 0 spiro atoms. The molecule has 2 heterocycles. The van der Waals surface area contributed by atoms with Crippen LogP contribution in [0.3, 0.4) is 0 Å². The molecule has 1 aliphatic heterocycles. The van der Waals surface area contributed by atoms with Crippen LogP contribution in [0.25, 0.3) is 11.3 Å². The lowest BCUT2D eigenvalue weighted by Gasteiger charge is -2.34. The van der Waals surface area contributed by atoms with Crippen molar-refractivity contribution in [1.82, 2.24) is 9.46 Å². The highest BCUT2D eigenvalue weighted by atomic mass is 32.2. The quantitative estimate of drug-likeness (QED) is 0.917. The molecular formula is C17H20N2O4S. The van der Waals surface area contributed by atoms with Crippen LogP contribution in [-0.2, 0) is 10.0 Å². The van der Waals surface area contributed by atoms with E-state index in [0.717, 1.165) is 5.69 Å². The van der Waals surface area contributed by atoms with Crippen molar-refractivity contribution < 1.29 is 18.0 Å². The Balaban J connectivity index is 1.70. The monoisotopic (exact) mass is 348 g/mol. The van der Waals surface area contributed by atoms with Crippen molar-refractivity contribution in [2.45, 2.75) is 31.3 Å². The van der Waals surface area contributed by atoms with Crippen molar-refractivity contribution >= 4 is 10.0 Å². The number of hydrogen-bond donors (Lipinski definition) is 1. The third-order valence-corrected chi connectivity index (χ3v) is 7.19. The second-order valence-corrected chi connectivity index (χ2v) is 8.77. The molecule has 0 amide bonds. The molecular weight excluding hydrogens is 328 g/mol. The number of aliphatic hydroxyl groups excluding tert-OH is 1. The molecule has 3 atom stereocenters. The van der Waals surface area contributed by atoms with Crippen molar-refractivity contribution in [1.29, 1.82) is 0 Å². The van der Waals surface area contributed by atoms with Gasteiger partial charge in [0.05, 0.1) is 16.7 Å². The summed E-state index contributed by atoms with van der Waals surface area (Å²) in [6.07, 6.45) is 0.340. The lowest BCUT2D eigenvalue weighted by atomic mass is 9.74. The van der Waals surface area contributed by atoms with E-state index in [2.05, 4.69) is 5.16 Å². The highest BCUT2D eigenvalue weighted by Gasteiger charge is 2.49. The van der Waals surface area contributed by atoms with Crippen molar-refractivity contribution in [3.8, 4) is 11.3 Å². The van der Waals surface area contributed by atoms with Crippen molar-refractivity contribution in [3.63, 3.8) is 0 Å². The minimum absolute atomic E-state index is 0.0835. The van der Waals surface area contributed by atoms with Crippen LogP contribution in [-0.4, -0.2) is 42.2 Å². The summed E-state index contributed by atoms with van der Waals surface area (Å²) >= 11 is 0. The molecule has 24 heavy (non-hydrogen) atoms. The fraction of sp³-hybridized carbons (Fsp3) is 0.471. The molecule has 7 heteroatoms. The Morgan fingerprint density at radius 1 is 1.25 bits per heavy atom. The van der Waals surface area contributed by atoms with E-state index in [-0.39, 0.29) is 17.9 Å². The van der Waals surface area contributed by atoms with E-state index in [1.54, 1.807) is 25.1 Å². The number of benzene rings is 1. The topological polar surface area (TPSA) is 83.6 Å². The van der Waals surface area contributed by atoms with Gasteiger partial charge in [0.15, 0.2) is 5.76 Å². The minimum atomic E-state index is -3.58. The molecule has 1 saturated heterocycles. The fourth-order valence-corrected chi connectivity index (χ4v) is 5.48. The van der Waals surface area contributed by atoms with Crippen LogP contribution in [0.5, 0.6) is 0 Å². The number of aryl methyl sites for hydroxylation is 2. The van der Waals surface area contributed by atoms with E-state index in [1.165, 1.54) is 4.31 Å². The third-order valence-electron chi connectivity index (χ3n) is 5.22. The Morgan fingerprint density at radius 3 is 2.67 bits per heavy atom. The van der Waals surface area contributed by atoms with Gasteiger partial charge in [0, 0.05) is 30.6 Å². The Bertz CT molecular complexity index is 890. The molecule has 0 radical (unpaired) electrons. The van der Waals surface area contributed by atoms with Gasteiger partial charge < -0.3 is 9.63 Å². The summed E-state index contributed by atoms with van der Waals surface area (Å²) in [6, 6.07) is 7.07. The Morgan fingerprint density at radius 2 is 2.04 bits per heavy atom. The predicted molar refractivity (Wildman–Crippen MR) is 87.8 cm³/mol. The predicted octanol–water partition coefficient (Wildman–Crippen LogP) is 1.96. The van der Waals surface area contributed by atoms with Crippen LogP contribution >= 0.6 is 0 Å². The first-order chi connectivity index (χ1) is 11.4. The number of fused-ring (bicyclic) bond motifs is 1. The Labute approximate surface area is 141 Å². The molecule has 2 aliphatic rings. The van der Waals surface area contributed by atoms with Crippen molar-refractivity contribution in [3.05, 3.63) is 35.5 Å². The van der Waals surface area contributed by atoms with Gasteiger partial charge in [-0.1, -0.05) is 17.3 Å². The number of hydrogen-bond acceptors (Lipinski definition) is 5. The highest BCUT2D eigenvalue weighted by molar-refractivity contribution is 7.89. The van der Waals surface area contributed by atoms with Gasteiger partial charge in [0.25, 0.3) is 0 Å². The van der Waals surface area contributed by atoms with Gasteiger partial charge in [-0.15, -0.1) is 0 Å². The minimum Gasteiger partial charge on any atom is -0.393 e. The smallest absolute Gasteiger partial charge is 0.243 e. The zero-order chi connectivity index (χ0) is 17.1. The summed E-state index contributed by atoms with van der Waals surface area (Å²) in [5, 5.41) is 13.6. The number of aliphatic hydroxyl groups is 1. The molecule has 4 rings (SSSR count). The molecule has 0 bridgehead atoms. The summed E-state index contributed by atoms with van der Waals surface area (Å²) in [7, 11) is -3.58. The fourth-order valence-electron chi connectivity index (χ4n) is 3.70. The lowest BCUT2D eigenvalue weighted by Crippen LogP contribution is -2.39.